The zero-order valence-corrected chi connectivity index (χ0v) is 13.1. The zero-order valence-electron chi connectivity index (χ0n) is 11.5. The Kier molecular flexibility index (Phi) is 6.13. The molecule has 0 aliphatic heterocycles. The van der Waals surface area contributed by atoms with Crippen molar-refractivity contribution in [3.63, 3.8) is 0 Å². The van der Waals surface area contributed by atoms with E-state index in [0.29, 0.717) is 4.47 Å². The van der Waals surface area contributed by atoms with Crippen molar-refractivity contribution in [3.8, 4) is 5.75 Å². The van der Waals surface area contributed by atoms with Crippen LogP contribution in [0.3, 0.4) is 0 Å². The SMILES string of the molecule is CC(=O)c1cc(Br)cc(F)c1OCC(=O)OCC(C)C. The molecule has 1 aromatic carbocycles. The van der Waals surface area contributed by atoms with E-state index in [-0.39, 0.29) is 29.6 Å². The van der Waals surface area contributed by atoms with E-state index in [1.807, 2.05) is 13.8 Å². The molecule has 0 saturated heterocycles. The maximum atomic E-state index is 13.8. The van der Waals surface area contributed by atoms with Crippen molar-refractivity contribution in [1.82, 2.24) is 0 Å². The first kappa shape index (κ1) is 16.6. The molecule has 0 atom stereocenters. The van der Waals surface area contributed by atoms with Gasteiger partial charge in [0.1, 0.15) is 0 Å². The molecule has 1 aromatic rings. The van der Waals surface area contributed by atoms with Crippen LogP contribution in [0.5, 0.6) is 5.75 Å². The van der Waals surface area contributed by atoms with Crippen molar-refractivity contribution < 1.29 is 23.5 Å². The van der Waals surface area contributed by atoms with Gasteiger partial charge in [0.25, 0.3) is 0 Å². The molecule has 0 N–H and O–H groups in total. The fraction of sp³-hybridized carbons (Fsp3) is 0.429. The van der Waals surface area contributed by atoms with Gasteiger partial charge in [-0.15, -0.1) is 0 Å². The van der Waals surface area contributed by atoms with Crippen molar-refractivity contribution in [3.05, 3.63) is 28.0 Å². The molecule has 0 aliphatic rings. The lowest BCUT2D eigenvalue weighted by molar-refractivity contribution is -0.147. The van der Waals surface area contributed by atoms with Crippen LogP contribution in [-0.4, -0.2) is 25.0 Å². The average molecular weight is 347 g/mol. The highest BCUT2D eigenvalue weighted by Gasteiger charge is 2.17. The van der Waals surface area contributed by atoms with Crippen LogP contribution in [0.15, 0.2) is 16.6 Å². The van der Waals surface area contributed by atoms with Crippen LogP contribution >= 0.6 is 15.9 Å². The number of hydrogen-bond donors (Lipinski definition) is 0. The third-order valence-corrected chi connectivity index (χ3v) is 2.76. The predicted molar refractivity (Wildman–Crippen MR) is 75.4 cm³/mol. The second-order valence-corrected chi connectivity index (χ2v) is 5.60. The molecule has 1 rings (SSSR count). The highest BCUT2D eigenvalue weighted by Crippen LogP contribution is 2.27. The van der Waals surface area contributed by atoms with Crippen LogP contribution in [-0.2, 0) is 9.53 Å². The summed E-state index contributed by atoms with van der Waals surface area (Å²) >= 11 is 3.10. The second-order valence-electron chi connectivity index (χ2n) is 4.69. The number of rotatable bonds is 6. The molecular weight excluding hydrogens is 331 g/mol. The summed E-state index contributed by atoms with van der Waals surface area (Å²) in [6.45, 7) is 4.92. The van der Waals surface area contributed by atoms with Crippen LogP contribution in [0.4, 0.5) is 4.39 Å². The standard InChI is InChI=1S/C14H16BrFO4/c1-8(2)6-19-13(18)7-20-14-11(9(3)17)4-10(15)5-12(14)16/h4-5,8H,6-7H2,1-3H3. The van der Waals surface area contributed by atoms with Crippen molar-refractivity contribution in [2.24, 2.45) is 5.92 Å². The van der Waals surface area contributed by atoms with Crippen LogP contribution in [0.2, 0.25) is 0 Å². The summed E-state index contributed by atoms with van der Waals surface area (Å²) in [7, 11) is 0. The number of carbonyl (C=O) groups is 2. The van der Waals surface area contributed by atoms with Crippen LogP contribution in [0.1, 0.15) is 31.1 Å². The lowest BCUT2D eigenvalue weighted by Gasteiger charge is -2.12. The number of esters is 1. The molecule has 20 heavy (non-hydrogen) atoms. The Morgan fingerprint density at radius 2 is 2.00 bits per heavy atom. The quantitative estimate of drug-likeness (QED) is 0.585. The fourth-order valence-corrected chi connectivity index (χ4v) is 1.83. The maximum absolute atomic E-state index is 13.8. The van der Waals surface area contributed by atoms with E-state index >= 15 is 0 Å². The van der Waals surface area contributed by atoms with Gasteiger partial charge in [0.2, 0.25) is 0 Å². The number of Topliss-reactive ketones (excluding diaryl/α,β-unsaturated/α-hetero) is 1. The van der Waals surface area contributed by atoms with Gasteiger partial charge in [-0.1, -0.05) is 29.8 Å². The van der Waals surface area contributed by atoms with Crippen LogP contribution in [0, 0.1) is 11.7 Å². The largest absolute Gasteiger partial charge is 0.478 e. The normalized spacial score (nSPS) is 10.5. The lowest BCUT2D eigenvalue weighted by Crippen LogP contribution is -2.18. The summed E-state index contributed by atoms with van der Waals surface area (Å²) in [5, 5.41) is 0. The molecule has 6 heteroatoms. The van der Waals surface area contributed by atoms with Gasteiger partial charge < -0.3 is 9.47 Å². The van der Waals surface area contributed by atoms with E-state index in [4.69, 9.17) is 9.47 Å². The van der Waals surface area contributed by atoms with Crippen molar-refractivity contribution >= 4 is 27.7 Å². The Morgan fingerprint density at radius 1 is 1.35 bits per heavy atom. The van der Waals surface area contributed by atoms with E-state index in [1.165, 1.54) is 19.1 Å². The topological polar surface area (TPSA) is 52.6 Å². The lowest BCUT2D eigenvalue weighted by atomic mass is 10.1. The van der Waals surface area contributed by atoms with Gasteiger partial charge in [0, 0.05) is 4.47 Å². The van der Waals surface area contributed by atoms with E-state index in [9.17, 15) is 14.0 Å². The molecule has 110 valence electrons. The summed E-state index contributed by atoms with van der Waals surface area (Å²) in [6.07, 6.45) is 0. The molecule has 4 nitrogen and oxygen atoms in total. The first-order valence-corrected chi connectivity index (χ1v) is 6.89. The van der Waals surface area contributed by atoms with Gasteiger partial charge in [-0.05, 0) is 25.0 Å². The van der Waals surface area contributed by atoms with Gasteiger partial charge in [-0.3, -0.25) is 4.79 Å². The summed E-state index contributed by atoms with van der Waals surface area (Å²) in [6, 6.07) is 2.61. The number of benzene rings is 1. The Hall–Kier alpha value is -1.43. The Bertz CT molecular complexity index is 514. The third-order valence-electron chi connectivity index (χ3n) is 2.30. The predicted octanol–water partition coefficient (Wildman–Crippen LogP) is 3.37. The van der Waals surface area contributed by atoms with Gasteiger partial charge in [0.05, 0.1) is 12.2 Å². The minimum atomic E-state index is -0.707. The smallest absolute Gasteiger partial charge is 0.344 e. The van der Waals surface area contributed by atoms with Crippen molar-refractivity contribution in [1.29, 1.82) is 0 Å². The van der Waals surface area contributed by atoms with E-state index in [2.05, 4.69) is 15.9 Å². The number of ether oxygens (including phenoxy) is 2. The molecule has 0 spiro atoms. The summed E-state index contributed by atoms with van der Waals surface area (Å²) < 4.78 is 24.2. The summed E-state index contributed by atoms with van der Waals surface area (Å²) in [5.41, 5.74) is 0.0773. The fourth-order valence-electron chi connectivity index (χ4n) is 1.40. The molecule has 0 heterocycles. The average Bonchev–Trinajstić information content (AvgIpc) is 2.34. The highest BCUT2D eigenvalue weighted by molar-refractivity contribution is 9.10. The Morgan fingerprint density at radius 3 is 2.55 bits per heavy atom. The number of hydrogen-bond acceptors (Lipinski definition) is 4. The van der Waals surface area contributed by atoms with E-state index < -0.39 is 18.4 Å². The van der Waals surface area contributed by atoms with Crippen molar-refractivity contribution in [2.75, 3.05) is 13.2 Å². The Balaban J connectivity index is 2.77. The number of ketones is 1. The highest BCUT2D eigenvalue weighted by atomic mass is 79.9. The molecular formula is C14H16BrFO4. The molecule has 0 aliphatic carbocycles. The van der Waals surface area contributed by atoms with Gasteiger partial charge >= 0.3 is 5.97 Å². The van der Waals surface area contributed by atoms with Gasteiger partial charge in [-0.25, -0.2) is 9.18 Å². The first-order chi connectivity index (χ1) is 9.31. The van der Waals surface area contributed by atoms with Crippen LogP contribution in [0.25, 0.3) is 0 Å². The molecule has 0 aromatic heterocycles. The minimum Gasteiger partial charge on any atom is -0.478 e. The molecule has 0 amide bonds. The maximum Gasteiger partial charge on any atom is 0.344 e. The van der Waals surface area contributed by atoms with E-state index in [0.717, 1.165) is 0 Å². The second kappa shape index (κ2) is 7.38. The van der Waals surface area contributed by atoms with Crippen LogP contribution < -0.4 is 4.74 Å². The summed E-state index contributed by atoms with van der Waals surface area (Å²) in [5.74, 6) is -1.69. The third kappa shape index (κ3) is 4.92. The van der Waals surface area contributed by atoms with Crippen molar-refractivity contribution in [2.45, 2.75) is 20.8 Å². The van der Waals surface area contributed by atoms with Gasteiger partial charge in [0.15, 0.2) is 24.0 Å². The molecule has 0 radical (unpaired) electrons. The Labute approximate surface area is 125 Å². The minimum absolute atomic E-state index is 0.0773. The summed E-state index contributed by atoms with van der Waals surface area (Å²) in [4.78, 5) is 22.9. The monoisotopic (exact) mass is 346 g/mol. The molecule has 0 saturated carbocycles. The molecule has 0 unspecified atom stereocenters. The molecule has 0 fully saturated rings. The zero-order chi connectivity index (χ0) is 15.3. The number of carbonyl (C=O) groups excluding carboxylic acids is 2. The molecule has 0 bridgehead atoms. The first-order valence-electron chi connectivity index (χ1n) is 6.09. The van der Waals surface area contributed by atoms with E-state index in [1.54, 1.807) is 0 Å². The number of halogens is 2. The van der Waals surface area contributed by atoms with Gasteiger partial charge in [-0.2, -0.15) is 0 Å².